The van der Waals surface area contributed by atoms with Crippen molar-refractivity contribution in [1.29, 1.82) is 0 Å². The Bertz CT molecular complexity index is 1680. The van der Waals surface area contributed by atoms with Crippen molar-refractivity contribution in [3.63, 3.8) is 0 Å². The maximum absolute atomic E-state index is 13.7. The molecule has 0 radical (unpaired) electrons. The zero-order chi connectivity index (χ0) is 36.9. The van der Waals surface area contributed by atoms with E-state index in [-0.39, 0.29) is 18.6 Å². The molecule has 51 heavy (non-hydrogen) atoms. The molecule has 1 aromatic heterocycles. The number of thioether (sulfide) groups is 1. The summed E-state index contributed by atoms with van der Waals surface area (Å²) in [6.07, 6.45) is 7.71. The highest BCUT2D eigenvalue weighted by Gasteiger charge is 2.48. The summed E-state index contributed by atoms with van der Waals surface area (Å²) in [7, 11) is 3.17. The second-order valence-electron chi connectivity index (χ2n) is 14.2. The van der Waals surface area contributed by atoms with Crippen molar-refractivity contribution in [3.8, 4) is 22.8 Å². The number of carbonyl (C=O) groups is 4. The van der Waals surface area contributed by atoms with E-state index in [2.05, 4.69) is 5.32 Å². The third kappa shape index (κ3) is 9.65. The molecule has 14 heteroatoms. The normalized spacial score (nSPS) is 21.2. The number of primary amides is 1. The van der Waals surface area contributed by atoms with Crippen LogP contribution in [0.3, 0.4) is 0 Å². The number of hydrogen-bond acceptors (Lipinski definition) is 11. The van der Waals surface area contributed by atoms with Crippen LogP contribution in [0.5, 0.6) is 11.5 Å². The molecule has 2 aliphatic carbocycles. The molecular weight excluding hydrogens is 695 g/mol. The Morgan fingerprint density at radius 2 is 1.90 bits per heavy atom. The molecule has 1 aliphatic heterocycles. The van der Waals surface area contributed by atoms with E-state index in [4.69, 9.17) is 41.3 Å². The van der Waals surface area contributed by atoms with Gasteiger partial charge in [-0.05, 0) is 101 Å². The lowest BCUT2D eigenvalue weighted by Gasteiger charge is -2.30. The van der Waals surface area contributed by atoms with Gasteiger partial charge in [-0.2, -0.15) is 0 Å². The number of nitrogens with two attached hydrogens (primary N) is 1. The quantitative estimate of drug-likeness (QED) is 0.0903. The number of nitrogens with one attached hydrogen (secondary N) is 1. The maximum Gasteiger partial charge on any atom is 0.408 e. The Morgan fingerprint density at radius 1 is 1.12 bits per heavy atom. The van der Waals surface area contributed by atoms with Crippen LogP contribution in [0.4, 0.5) is 4.79 Å². The number of carbonyl (C=O) groups excluding carboxylic acids is 4. The minimum Gasteiger partial charge on any atom is -0.497 e. The molecule has 2 heterocycles. The minimum atomic E-state index is -1.25. The van der Waals surface area contributed by atoms with Gasteiger partial charge in [-0.15, -0.1) is 0 Å². The van der Waals surface area contributed by atoms with Crippen LogP contribution in [0.15, 0.2) is 33.6 Å². The van der Waals surface area contributed by atoms with E-state index < -0.39 is 36.0 Å². The zero-order valence-corrected chi connectivity index (χ0v) is 31.4. The zero-order valence-electron chi connectivity index (χ0n) is 29.8. The maximum atomic E-state index is 13.7. The third-order valence-electron chi connectivity index (χ3n) is 9.35. The molecule has 3 aliphatic rings. The fourth-order valence-corrected chi connectivity index (χ4v) is 8.36. The largest absolute Gasteiger partial charge is 0.497 e. The standard InChI is InChI=1S/C37H47N3O9S2/c1-37(2,3)49-35(44)39-26(19-32(38)41)34(43)47-14-8-6-7-9-23-17-30(25-13-12-24(45-4)18-29(25)46-5)48-28(23)20-31-33(42)40(36(50)51-31)27-16-21-10-11-22(27)15-21/h12-13,17-18,20-22,26-27H,6-11,14-16,19H2,1-5H3,(H2,38,41)(H,39,44)/b31-20-/t21-,22-,26?,27-/m0/s1. The predicted octanol–water partition coefficient (Wildman–Crippen LogP) is 6.38. The third-order valence-corrected chi connectivity index (χ3v) is 10.7. The number of benzene rings is 1. The van der Waals surface area contributed by atoms with Gasteiger partial charge in [0.05, 0.1) is 37.7 Å². The molecule has 276 valence electrons. The fraction of sp³-hybridized carbons (Fsp3) is 0.541. The van der Waals surface area contributed by atoms with Crippen molar-refractivity contribution in [2.75, 3.05) is 20.8 Å². The Kier molecular flexibility index (Phi) is 12.4. The summed E-state index contributed by atoms with van der Waals surface area (Å²) < 4.78 is 28.6. The number of thiocarbonyl (C=S) groups is 1. The molecule has 1 saturated heterocycles. The first-order chi connectivity index (χ1) is 24.3. The summed E-state index contributed by atoms with van der Waals surface area (Å²) in [6.45, 7) is 5.14. The lowest BCUT2D eigenvalue weighted by Crippen LogP contribution is -2.46. The monoisotopic (exact) mass is 741 g/mol. The summed E-state index contributed by atoms with van der Waals surface area (Å²) in [5, 5.41) is 2.37. The van der Waals surface area contributed by atoms with Crippen LogP contribution >= 0.6 is 24.0 Å². The summed E-state index contributed by atoms with van der Waals surface area (Å²) in [6, 6.07) is 6.37. The number of methoxy groups -OCH3 is 2. The number of amides is 3. The van der Waals surface area contributed by atoms with Crippen molar-refractivity contribution in [2.45, 2.75) is 96.2 Å². The van der Waals surface area contributed by atoms with Crippen LogP contribution in [0.1, 0.15) is 83.5 Å². The van der Waals surface area contributed by atoms with Crippen LogP contribution in [0.25, 0.3) is 17.4 Å². The van der Waals surface area contributed by atoms with Gasteiger partial charge in [-0.25, -0.2) is 9.59 Å². The molecule has 1 aromatic carbocycles. The molecule has 2 saturated carbocycles. The minimum absolute atomic E-state index is 0.0638. The molecule has 1 unspecified atom stereocenters. The average molecular weight is 742 g/mol. The summed E-state index contributed by atoms with van der Waals surface area (Å²) in [5.41, 5.74) is 6.15. The number of aryl methyl sites for hydroxylation is 1. The Labute approximate surface area is 308 Å². The highest BCUT2D eigenvalue weighted by atomic mass is 32.2. The van der Waals surface area contributed by atoms with Crippen molar-refractivity contribution >= 4 is 58.3 Å². The van der Waals surface area contributed by atoms with Gasteiger partial charge in [-0.1, -0.05) is 30.4 Å². The highest BCUT2D eigenvalue weighted by Crippen LogP contribution is 2.49. The van der Waals surface area contributed by atoms with E-state index in [1.54, 1.807) is 47.1 Å². The molecule has 2 bridgehead atoms. The number of rotatable bonds is 15. The van der Waals surface area contributed by atoms with E-state index in [0.29, 0.717) is 63.3 Å². The first-order valence-corrected chi connectivity index (χ1v) is 18.6. The van der Waals surface area contributed by atoms with Crippen molar-refractivity contribution in [2.24, 2.45) is 17.6 Å². The van der Waals surface area contributed by atoms with Crippen molar-refractivity contribution < 1.29 is 42.5 Å². The van der Waals surface area contributed by atoms with Gasteiger partial charge in [-0.3, -0.25) is 14.5 Å². The molecule has 5 rings (SSSR count). The first kappa shape index (κ1) is 38.2. The molecule has 12 nitrogen and oxygen atoms in total. The first-order valence-electron chi connectivity index (χ1n) is 17.3. The Morgan fingerprint density at radius 3 is 2.55 bits per heavy atom. The summed E-state index contributed by atoms with van der Waals surface area (Å²) in [5.74, 6) is 2.00. The van der Waals surface area contributed by atoms with Gasteiger partial charge in [0, 0.05) is 18.2 Å². The smallest absolute Gasteiger partial charge is 0.408 e. The number of fused-ring (bicyclic) bond motifs is 2. The lowest BCUT2D eigenvalue weighted by atomic mass is 9.94. The molecule has 3 fully saturated rings. The predicted molar refractivity (Wildman–Crippen MR) is 197 cm³/mol. The van der Waals surface area contributed by atoms with Gasteiger partial charge in [0.25, 0.3) is 5.91 Å². The van der Waals surface area contributed by atoms with Crippen LogP contribution in [-0.4, -0.2) is 71.6 Å². The van der Waals surface area contributed by atoms with E-state index >= 15 is 0 Å². The van der Waals surface area contributed by atoms with Crippen LogP contribution in [0, 0.1) is 11.8 Å². The molecule has 3 N–H and O–H groups in total. The number of hydrogen-bond donors (Lipinski definition) is 2. The van der Waals surface area contributed by atoms with Crippen molar-refractivity contribution in [3.05, 3.63) is 40.5 Å². The Balaban J connectivity index is 1.25. The Hall–Kier alpha value is -4.04. The van der Waals surface area contributed by atoms with Crippen molar-refractivity contribution in [1.82, 2.24) is 10.2 Å². The highest BCUT2D eigenvalue weighted by molar-refractivity contribution is 8.26. The summed E-state index contributed by atoms with van der Waals surface area (Å²) in [4.78, 5) is 52.5. The van der Waals surface area contributed by atoms with E-state index in [1.165, 1.54) is 24.6 Å². The van der Waals surface area contributed by atoms with Crippen LogP contribution < -0.4 is 20.5 Å². The fourth-order valence-electron chi connectivity index (χ4n) is 7.02. The lowest BCUT2D eigenvalue weighted by molar-refractivity contribution is -0.147. The molecule has 0 spiro atoms. The number of unbranched alkanes of at least 4 members (excludes halogenated alkanes) is 2. The number of nitrogens with zero attached hydrogens (tertiary/aromatic N) is 1. The van der Waals surface area contributed by atoms with E-state index in [0.717, 1.165) is 30.4 Å². The SMILES string of the molecule is COc1ccc(-c2cc(CCCCCOC(=O)C(CC(N)=O)NC(=O)OC(C)(C)C)c(/C=C3\SC(=S)N([C@H]4C[C@H]5CC[C@H]4C5)C3=O)o2)c(OC)c1. The average Bonchev–Trinajstić information content (AvgIpc) is 3.85. The van der Waals surface area contributed by atoms with E-state index in [9.17, 15) is 19.2 Å². The number of ether oxygens (including phenoxy) is 4. The number of esters is 1. The molecule has 2 aromatic rings. The number of furan rings is 1. The van der Waals surface area contributed by atoms with Gasteiger partial charge in [0.15, 0.2) is 0 Å². The van der Waals surface area contributed by atoms with Gasteiger partial charge < -0.3 is 34.4 Å². The van der Waals surface area contributed by atoms with Gasteiger partial charge in [0.1, 0.15) is 39.0 Å². The summed E-state index contributed by atoms with van der Waals surface area (Å²) >= 11 is 7.05. The van der Waals surface area contributed by atoms with Crippen LogP contribution in [0.2, 0.25) is 0 Å². The van der Waals surface area contributed by atoms with Gasteiger partial charge in [0.2, 0.25) is 5.91 Å². The topological polar surface area (TPSA) is 160 Å². The second-order valence-corrected chi connectivity index (χ2v) is 15.9. The van der Waals surface area contributed by atoms with Crippen LogP contribution in [-0.2, 0) is 30.3 Å². The van der Waals surface area contributed by atoms with Gasteiger partial charge >= 0.3 is 12.1 Å². The molecular formula is C37H47N3O9S2. The second kappa shape index (κ2) is 16.5. The molecule has 3 amide bonds. The number of alkyl carbamates (subject to hydrolysis) is 1. The van der Waals surface area contributed by atoms with E-state index in [1.807, 2.05) is 23.1 Å². The molecule has 4 atom stereocenters.